The molecule has 2 aromatic rings. The lowest BCUT2D eigenvalue weighted by Crippen LogP contribution is -2.43. The molecule has 1 N–H and O–H groups in total. The normalized spacial score (nSPS) is 19.5. The van der Waals surface area contributed by atoms with Crippen molar-refractivity contribution in [2.24, 2.45) is 0 Å². The highest BCUT2D eigenvalue weighted by Gasteiger charge is 2.33. The van der Waals surface area contributed by atoms with Crippen LogP contribution < -0.4 is 0 Å². The molecule has 1 fully saturated rings. The largest absolute Gasteiger partial charge is 0.478 e. The molecule has 0 aliphatic carbocycles. The number of carbonyl (C=O) groups is 2. The van der Waals surface area contributed by atoms with Crippen LogP contribution in [0.5, 0.6) is 0 Å². The SMILES string of the molecule is COC1CCN(C(=O)OCc2ccccc2)C(c2ccc(C(=O)O)cc2)C1. The Balaban J connectivity index is 1.74. The van der Waals surface area contributed by atoms with E-state index in [-0.39, 0.29) is 30.4 Å². The molecule has 0 aromatic heterocycles. The van der Waals surface area contributed by atoms with Crippen LogP contribution in [-0.2, 0) is 16.1 Å². The van der Waals surface area contributed by atoms with Crippen LogP contribution in [0.2, 0.25) is 0 Å². The Kier molecular flexibility index (Phi) is 6.08. The first kappa shape index (κ1) is 18.9. The minimum atomic E-state index is -0.973. The van der Waals surface area contributed by atoms with Crippen LogP contribution in [0.3, 0.4) is 0 Å². The number of hydrogen-bond acceptors (Lipinski definition) is 4. The van der Waals surface area contributed by atoms with Gasteiger partial charge in [0.05, 0.1) is 17.7 Å². The maximum atomic E-state index is 12.7. The molecule has 2 unspecified atom stereocenters. The van der Waals surface area contributed by atoms with Crippen molar-refractivity contribution in [1.82, 2.24) is 4.90 Å². The highest BCUT2D eigenvalue weighted by atomic mass is 16.6. The molecule has 0 saturated carbocycles. The molecule has 1 heterocycles. The van der Waals surface area contributed by atoms with E-state index in [2.05, 4.69) is 0 Å². The monoisotopic (exact) mass is 369 g/mol. The lowest BCUT2D eigenvalue weighted by molar-refractivity contribution is 0.00474. The smallest absolute Gasteiger partial charge is 0.410 e. The second kappa shape index (κ2) is 8.68. The van der Waals surface area contributed by atoms with Gasteiger partial charge in [0.2, 0.25) is 0 Å². The zero-order valence-electron chi connectivity index (χ0n) is 15.2. The van der Waals surface area contributed by atoms with Crippen molar-refractivity contribution in [3.8, 4) is 0 Å². The van der Waals surface area contributed by atoms with Gasteiger partial charge in [-0.2, -0.15) is 0 Å². The summed E-state index contributed by atoms with van der Waals surface area (Å²) in [4.78, 5) is 25.5. The number of amides is 1. The standard InChI is InChI=1S/C21H23NO5/c1-26-18-11-12-22(21(25)27-14-15-5-3-2-4-6-15)19(13-18)16-7-9-17(10-8-16)20(23)24/h2-10,18-19H,11-14H2,1H3,(H,23,24). The molecule has 142 valence electrons. The van der Waals surface area contributed by atoms with Crippen LogP contribution in [-0.4, -0.2) is 41.8 Å². The molecule has 6 nitrogen and oxygen atoms in total. The van der Waals surface area contributed by atoms with Crippen LogP contribution in [0.15, 0.2) is 54.6 Å². The Hall–Kier alpha value is -2.86. The molecule has 0 bridgehead atoms. The van der Waals surface area contributed by atoms with Crippen LogP contribution in [0, 0.1) is 0 Å². The third-order valence-corrected chi connectivity index (χ3v) is 4.87. The first-order valence-electron chi connectivity index (χ1n) is 8.92. The molecule has 0 radical (unpaired) electrons. The van der Waals surface area contributed by atoms with Gasteiger partial charge in [0.25, 0.3) is 0 Å². The summed E-state index contributed by atoms with van der Waals surface area (Å²) >= 11 is 0. The number of methoxy groups -OCH3 is 1. The number of likely N-dealkylation sites (tertiary alicyclic amines) is 1. The van der Waals surface area contributed by atoms with E-state index in [0.717, 1.165) is 17.5 Å². The van der Waals surface area contributed by atoms with Gasteiger partial charge in [-0.1, -0.05) is 42.5 Å². The van der Waals surface area contributed by atoms with Crippen molar-refractivity contribution in [2.75, 3.05) is 13.7 Å². The third kappa shape index (κ3) is 4.65. The summed E-state index contributed by atoms with van der Waals surface area (Å²) in [6, 6.07) is 15.9. The fourth-order valence-electron chi connectivity index (χ4n) is 3.33. The second-order valence-electron chi connectivity index (χ2n) is 6.56. The van der Waals surface area contributed by atoms with E-state index in [4.69, 9.17) is 14.6 Å². The van der Waals surface area contributed by atoms with Crippen LogP contribution in [0.4, 0.5) is 4.79 Å². The quantitative estimate of drug-likeness (QED) is 0.866. The Morgan fingerprint density at radius 2 is 1.81 bits per heavy atom. The summed E-state index contributed by atoms with van der Waals surface area (Å²) in [5.74, 6) is -0.973. The Labute approximate surface area is 158 Å². The predicted molar refractivity (Wildman–Crippen MR) is 99.5 cm³/mol. The van der Waals surface area contributed by atoms with Gasteiger partial charge < -0.3 is 19.5 Å². The lowest BCUT2D eigenvalue weighted by Gasteiger charge is -2.38. The van der Waals surface area contributed by atoms with Gasteiger partial charge in [-0.15, -0.1) is 0 Å². The number of carboxylic acids is 1. The van der Waals surface area contributed by atoms with Crippen LogP contribution >= 0.6 is 0 Å². The average molecular weight is 369 g/mol. The Bertz CT molecular complexity index is 775. The minimum Gasteiger partial charge on any atom is -0.478 e. The van der Waals surface area contributed by atoms with Crippen molar-refractivity contribution in [3.63, 3.8) is 0 Å². The molecule has 1 aliphatic heterocycles. The van der Waals surface area contributed by atoms with Gasteiger partial charge in [-0.25, -0.2) is 9.59 Å². The number of rotatable bonds is 5. The van der Waals surface area contributed by atoms with Gasteiger partial charge in [0.15, 0.2) is 0 Å². The summed E-state index contributed by atoms with van der Waals surface area (Å²) in [5.41, 5.74) is 2.02. The molecule has 2 atom stereocenters. The number of hydrogen-bond donors (Lipinski definition) is 1. The fraction of sp³-hybridized carbons (Fsp3) is 0.333. The molecule has 0 spiro atoms. The van der Waals surface area contributed by atoms with Gasteiger partial charge in [-0.3, -0.25) is 0 Å². The zero-order valence-corrected chi connectivity index (χ0v) is 15.2. The molecule has 27 heavy (non-hydrogen) atoms. The summed E-state index contributed by atoms with van der Waals surface area (Å²) in [6.45, 7) is 0.742. The zero-order chi connectivity index (χ0) is 19.2. The highest BCUT2D eigenvalue weighted by molar-refractivity contribution is 5.87. The van der Waals surface area contributed by atoms with E-state index >= 15 is 0 Å². The lowest BCUT2D eigenvalue weighted by atomic mass is 9.93. The first-order valence-corrected chi connectivity index (χ1v) is 8.92. The third-order valence-electron chi connectivity index (χ3n) is 4.87. The Morgan fingerprint density at radius 1 is 1.11 bits per heavy atom. The summed E-state index contributed by atoms with van der Waals surface area (Å²) < 4.78 is 11.0. The van der Waals surface area contributed by atoms with Gasteiger partial charge in [-0.05, 0) is 36.1 Å². The number of benzene rings is 2. The van der Waals surface area contributed by atoms with Crippen molar-refractivity contribution in [1.29, 1.82) is 0 Å². The number of piperidine rings is 1. The van der Waals surface area contributed by atoms with Crippen LogP contribution in [0.25, 0.3) is 0 Å². The summed E-state index contributed by atoms with van der Waals surface area (Å²) in [6.07, 6.45) is 1.05. The average Bonchev–Trinajstić information content (AvgIpc) is 2.72. The number of carboxylic acid groups (broad SMARTS) is 1. The van der Waals surface area contributed by atoms with Crippen molar-refractivity contribution in [2.45, 2.75) is 31.6 Å². The first-order chi connectivity index (χ1) is 13.1. The van der Waals surface area contributed by atoms with E-state index in [1.54, 1.807) is 36.3 Å². The molecule has 1 saturated heterocycles. The molecule has 1 aliphatic rings. The summed E-state index contributed by atoms with van der Waals surface area (Å²) in [7, 11) is 1.67. The van der Waals surface area contributed by atoms with Crippen molar-refractivity contribution < 1.29 is 24.2 Å². The Morgan fingerprint density at radius 3 is 2.44 bits per heavy atom. The second-order valence-corrected chi connectivity index (χ2v) is 6.56. The van der Waals surface area contributed by atoms with Gasteiger partial charge in [0, 0.05) is 13.7 Å². The van der Waals surface area contributed by atoms with E-state index in [9.17, 15) is 9.59 Å². The molecular weight excluding hydrogens is 346 g/mol. The van der Waals surface area contributed by atoms with Crippen molar-refractivity contribution in [3.05, 3.63) is 71.3 Å². The van der Waals surface area contributed by atoms with E-state index in [1.165, 1.54) is 0 Å². The minimum absolute atomic E-state index is 0.0484. The maximum absolute atomic E-state index is 12.7. The topological polar surface area (TPSA) is 76.1 Å². The highest BCUT2D eigenvalue weighted by Crippen LogP contribution is 2.33. The summed E-state index contributed by atoms with van der Waals surface area (Å²) in [5, 5.41) is 9.08. The molecular formula is C21H23NO5. The number of carbonyl (C=O) groups excluding carboxylic acids is 1. The molecule has 2 aromatic carbocycles. The number of aromatic carboxylic acids is 1. The number of ether oxygens (including phenoxy) is 2. The van der Waals surface area contributed by atoms with Gasteiger partial charge >= 0.3 is 12.1 Å². The van der Waals surface area contributed by atoms with E-state index < -0.39 is 5.97 Å². The fourth-order valence-corrected chi connectivity index (χ4v) is 3.33. The van der Waals surface area contributed by atoms with Gasteiger partial charge in [0.1, 0.15) is 6.61 Å². The molecule has 3 rings (SSSR count). The van der Waals surface area contributed by atoms with E-state index in [0.29, 0.717) is 13.0 Å². The number of nitrogens with zero attached hydrogens (tertiary/aromatic N) is 1. The predicted octanol–water partition coefficient (Wildman–Crippen LogP) is 3.87. The van der Waals surface area contributed by atoms with E-state index in [1.807, 2.05) is 30.3 Å². The molecule has 6 heteroatoms. The van der Waals surface area contributed by atoms with Crippen molar-refractivity contribution >= 4 is 12.1 Å². The molecule has 1 amide bonds. The van der Waals surface area contributed by atoms with Crippen LogP contribution in [0.1, 0.15) is 40.4 Å². The maximum Gasteiger partial charge on any atom is 0.410 e.